The molecule has 1 atom stereocenters. The van der Waals surface area contributed by atoms with Gasteiger partial charge in [-0.1, -0.05) is 30.5 Å². The minimum Gasteiger partial charge on any atom is -0.491 e. The highest BCUT2D eigenvalue weighted by atomic mass is 32.1. The Kier molecular flexibility index (Phi) is 5.70. The molecule has 0 saturated heterocycles. The molecule has 1 aromatic carbocycles. The van der Waals surface area contributed by atoms with E-state index in [9.17, 15) is 0 Å². The van der Waals surface area contributed by atoms with Gasteiger partial charge in [0, 0.05) is 0 Å². The van der Waals surface area contributed by atoms with E-state index in [0.29, 0.717) is 0 Å². The van der Waals surface area contributed by atoms with Gasteiger partial charge < -0.3 is 10.1 Å². The molecule has 2 rings (SSSR count). The summed E-state index contributed by atoms with van der Waals surface area (Å²) in [6.45, 7) is 9.19. The first kappa shape index (κ1) is 15.9. The van der Waals surface area contributed by atoms with Gasteiger partial charge in [0.05, 0.1) is 22.7 Å². The lowest BCUT2D eigenvalue weighted by Crippen LogP contribution is -2.22. The molecule has 5 heteroatoms. The van der Waals surface area contributed by atoms with Crippen molar-refractivity contribution in [2.75, 3.05) is 6.54 Å². The summed E-state index contributed by atoms with van der Waals surface area (Å²) >= 11 is 1.48. The van der Waals surface area contributed by atoms with Crippen molar-refractivity contribution in [3.63, 3.8) is 0 Å². The minimum absolute atomic E-state index is 0.151. The molecule has 0 spiro atoms. The van der Waals surface area contributed by atoms with Gasteiger partial charge in [0.2, 0.25) is 0 Å². The van der Waals surface area contributed by atoms with Crippen molar-refractivity contribution in [2.45, 2.75) is 46.3 Å². The standard InChI is InChI=1S/C16H23N3OS/c1-5-14-16(21-19-18-14)15(17-6-2)12-7-9-13(10-8-12)20-11(3)4/h7-11,15,17H,5-6H2,1-4H3. The predicted octanol–water partition coefficient (Wildman–Crippen LogP) is 3.59. The van der Waals surface area contributed by atoms with Crippen LogP contribution in [0.1, 0.15) is 49.9 Å². The second kappa shape index (κ2) is 7.52. The van der Waals surface area contributed by atoms with Gasteiger partial charge in [-0.2, -0.15) is 0 Å². The number of ether oxygens (including phenoxy) is 1. The Morgan fingerprint density at radius 3 is 2.48 bits per heavy atom. The number of aromatic nitrogens is 2. The summed E-state index contributed by atoms with van der Waals surface area (Å²) in [4.78, 5) is 1.21. The SMILES string of the molecule is CCNC(c1ccc(OC(C)C)cc1)c1snnc1CC. The van der Waals surface area contributed by atoms with Crippen LogP contribution in [0.25, 0.3) is 0 Å². The molecule has 0 aliphatic rings. The lowest BCUT2D eigenvalue weighted by atomic mass is 10.0. The summed E-state index contributed by atoms with van der Waals surface area (Å²) < 4.78 is 9.81. The third-order valence-corrected chi connectivity index (χ3v) is 4.01. The maximum absolute atomic E-state index is 5.70. The van der Waals surface area contributed by atoms with Gasteiger partial charge in [0.25, 0.3) is 0 Å². The number of hydrogen-bond donors (Lipinski definition) is 1. The van der Waals surface area contributed by atoms with Gasteiger partial charge in [-0.3, -0.25) is 0 Å². The van der Waals surface area contributed by atoms with Crippen LogP contribution in [0, 0.1) is 0 Å². The Morgan fingerprint density at radius 2 is 1.90 bits per heavy atom. The Bertz CT molecular complexity index is 551. The molecular formula is C16H23N3OS. The molecule has 0 amide bonds. The summed E-state index contributed by atoms with van der Waals surface area (Å²) in [5, 5.41) is 7.75. The van der Waals surface area contributed by atoms with E-state index in [0.717, 1.165) is 24.4 Å². The predicted molar refractivity (Wildman–Crippen MR) is 87.0 cm³/mol. The first-order valence-electron chi connectivity index (χ1n) is 7.46. The highest BCUT2D eigenvalue weighted by molar-refractivity contribution is 7.05. The van der Waals surface area contributed by atoms with E-state index in [1.165, 1.54) is 22.0 Å². The molecule has 0 aliphatic carbocycles. The molecule has 0 bridgehead atoms. The van der Waals surface area contributed by atoms with Gasteiger partial charge in [-0.25, -0.2) is 0 Å². The van der Waals surface area contributed by atoms with E-state index in [1.807, 2.05) is 26.0 Å². The molecule has 1 heterocycles. The van der Waals surface area contributed by atoms with Crippen molar-refractivity contribution in [1.29, 1.82) is 0 Å². The monoisotopic (exact) mass is 305 g/mol. The smallest absolute Gasteiger partial charge is 0.119 e. The second-order valence-electron chi connectivity index (χ2n) is 5.16. The van der Waals surface area contributed by atoms with Crippen LogP contribution in [0.2, 0.25) is 0 Å². The number of nitrogens with zero attached hydrogens (tertiary/aromatic N) is 2. The molecule has 0 aliphatic heterocycles. The van der Waals surface area contributed by atoms with Crippen molar-refractivity contribution < 1.29 is 4.74 Å². The third-order valence-electron chi connectivity index (χ3n) is 3.18. The largest absolute Gasteiger partial charge is 0.491 e. The van der Waals surface area contributed by atoms with Crippen molar-refractivity contribution in [1.82, 2.24) is 14.9 Å². The number of benzene rings is 1. The summed E-state index contributed by atoms with van der Waals surface area (Å²) in [7, 11) is 0. The zero-order chi connectivity index (χ0) is 15.2. The quantitative estimate of drug-likeness (QED) is 0.849. The minimum atomic E-state index is 0.151. The van der Waals surface area contributed by atoms with Crippen LogP contribution < -0.4 is 10.1 Å². The molecule has 1 unspecified atom stereocenters. The van der Waals surface area contributed by atoms with Crippen molar-refractivity contribution in [2.24, 2.45) is 0 Å². The first-order valence-corrected chi connectivity index (χ1v) is 8.24. The van der Waals surface area contributed by atoms with E-state index in [-0.39, 0.29) is 12.1 Å². The number of rotatable bonds is 7. The van der Waals surface area contributed by atoms with Gasteiger partial charge in [-0.05, 0) is 56.0 Å². The Morgan fingerprint density at radius 1 is 1.19 bits per heavy atom. The zero-order valence-corrected chi connectivity index (χ0v) is 13.9. The number of aryl methyl sites for hydroxylation is 1. The Hall–Kier alpha value is -1.46. The first-order chi connectivity index (χ1) is 10.2. The zero-order valence-electron chi connectivity index (χ0n) is 13.1. The maximum Gasteiger partial charge on any atom is 0.119 e. The van der Waals surface area contributed by atoms with E-state index in [2.05, 4.69) is 40.9 Å². The molecular weight excluding hydrogens is 282 g/mol. The van der Waals surface area contributed by atoms with Crippen molar-refractivity contribution >= 4 is 11.5 Å². The van der Waals surface area contributed by atoms with Gasteiger partial charge >= 0.3 is 0 Å². The van der Waals surface area contributed by atoms with Crippen molar-refractivity contribution in [3.8, 4) is 5.75 Å². The van der Waals surface area contributed by atoms with Crippen LogP contribution in [-0.2, 0) is 6.42 Å². The molecule has 2 aromatic rings. The van der Waals surface area contributed by atoms with Crippen molar-refractivity contribution in [3.05, 3.63) is 40.4 Å². The summed E-state index contributed by atoms with van der Waals surface area (Å²) in [6, 6.07) is 8.44. The molecule has 1 aromatic heterocycles. The van der Waals surface area contributed by atoms with Crippen LogP contribution in [0.4, 0.5) is 0 Å². The van der Waals surface area contributed by atoms with Gasteiger partial charge in [-0.15, -0.1) is 5.10 Å². The fourth-order valence-electron chi connectivity index (χ4n) is 2.26. The van der Waals surface area contributed by atoms with E-state index in [4.69, 9.17) is 4.74 Å². The molecule has 21 heavy (non-hydrogen) atoms. The Labute approximate surface area is 130 Å². The van der Waals surface area contributed by atoms with Crippen LogP contribution in [-0.4, -0.2) is 22.2 Å². The van der Waals surface area contributed by atoms with Crippen LogP contribution in [0.3, 0.4) is 0 Å². The molecule has 0 fully saturated rings. The maximum atomic E-state index is 5.70. The average molecular weight is 305 g/mol. The van der Waals surface area contributed by atoms with Gasteiger partial charge in [0.1, 0.15) is 5.75 Å². The number of hydrogen-bond acceptors (Lipinski definition) is 5. The molecule has 114 valence electrons. The Balaban J connectivity index is 2.26. The van der Waals surface area contributed by atoms with E-state index >= 15 is 0 Å². The fraction of sp³-hybridized carbons (Fsp3) is 0.500. The molecule has 4 nitrogen and oxygen atoms in total. The van der Waals surface area contributed by atoms with E-state index < -0.39 is 0 Å². The fourth-order valence-corrected chi connectivity index (χ4v) is 3.10. The average Bonchev–Trinajstić information content (AvgIpc) is 2.93. The molecule has 0 radical (unpaired) electrons. The topological polar surface area (TPSA) is 47.0 Å². The summed E-state index contributed by atoms with van der Waals surface area (Å²) in [5.41, 5.74) is 2.29. The molecule has 1 N–H and O–H groups in total. The van der Waals surface area contributed by atoms with Crippen LogP contribution >= 0.6 is 11.5 Å². The van der Waals surface area contributed by atoms with Crippen LogP contribution in [0.5, 0.6) is 5.75 Å². The third kappa shape index (κ3) is 4.02. The lowest BCUT2D eigenvalue weighted by molar-refractivity contribution is 0.242. The summed E-state index contributed by atoms with van der Waals surface area (Å²) in [5.74, 6) is 0.905. The highest BCUT2D eigenvalue weighted by Gasteiger charge is 2.19. The van der Waals surface area contributed by atoms with E-state index in [1.54, 1.807) is 0 Å². The van der Waals surface area contributed by atoms with Gasteiger partial charge in [0.15, 0.2) is 0 Å². The highest BCUT2D eigenvalue weighted by Crippen LogP contribution is 2.28. The second-order valence-corrected chi connectivity index (χ2v) is 5.95. The van der Waals surface area contributed by atoms with Crippen LogP contribution in [0.15, 0.2) is 24.3 Å². The lowest BCUT2D eigenvalue weighted by Gasteiger charge is -2.18. The normalized spacial score (nSPS) is 12.6. The molecule has 0 saturated carbocycles. The number of nitrogens with one attached hydrogen (secondary N) is 1. The summed E-state index contributed by atoms with van der Waals surface area (Å²) in [6.07, 6.45) is 1.10.